The van der Waals surface area contributed by atoms with Crippen molar-refractivity contribution >= 4 is 5.71 Å². The number of likely N-dealkylation sites (tertiary alicyclic amines) is 1. The summed E-state index contributed by atoms with van der Waals surface area (Å²) in [5.74, 6) is 2.36. The van der Waals surface area contributed by atoms with E-state index in [9.17, 15) is 0 Å². The fourth-order valence-electron chi connectivity index (χ4n) is 4.76. The van der Waals surface area contributed by atoms with E-state index in [1.165, 1.54) is 5.56 Å². The molecule has 2 aromatic rings. The van der Waals surface area contributed by atoms with Crippen molar-refractivity contribution in [2.24, 2.45) is 5.16 Å². The highest BCUT2D eigenvalue weighted by molar-refractivity contribution is 5.86. The van der Waals surface area contributed by atoms with Gasteiger partial charge in [-0.25, -0.2) is 0 Å². The molecule has 2 fully saturated rings. The van der Waals surface area contributed by atoms with Crippen LogP contribution in [-0.2, 0) is 5.41 Å². The van der Waals surface area contributed by atoms with Gasteiger partial charge in [0.15, 0.2) is 17.2 Å². The molecule has 0 radical (unpaired) electrons. The fraction of sp³-hybridized carbons (Fsp3) is 0.435. The molecule has 2 aliphatic rings. The number of likely N-dealkylation sites (N-methyl/N-ethyl adjacent to an activating group) is 1. The van der Waals surface area contributed by atoms with E-state index in [0.717, 1.165) is 55.2 Å². The van der Waals surface area contributed by atoms with Crippen LogP contribution in [0.2, 0.25) is 0 Å². The van der Waals surface area contributed by atoms with Gasteiger partial charge >= 0.3 is 0 Å². The van der Waals surface area contributed by atoms with Crippen LogP contribution in [0.3, 0.4) is 0 Å². The van der Waals surface area contributed by atoms with E-state index in [1.54, 1.807) is 14.2 Å². The SMILES string of the molecule is COc1ccc([C@@]23CCC(=NOc4ccccc4)C[C@@H]2N(C)CC3)cc1OC. The molecule has 1 heterocycles. The topological polar surface area (TPSA) is 43.3 Å². The van der Waals surface area contributed by atoms with Crippen LogP contribution >= 0.6 is 0 Å². The average molecular weight is 380 g/mol. The second-order valence-corrected chi connectivity index (χ2v) is 7.74. The summed E-state index contributed by atoms with van der Waals surface area (Å²) in [6.45, 7) is 1.09. The van der Waals surface area contributed by atoms with Crippen molar-refractivity contribution in [3.63, 3.8) is 0 Å². The molecule has 0 spiro atoms. The summed E-state index contributed by atoms with van der Waals surface area (Å²) >= 11 is 0. The minimum absolute atomic E-state index is 0.125. The number of oxime groups is 1. The predicted molar refractivity (Wildman–Crippen MR) is 111 cm³/mol. The highest BCUT2D eigenvalue weighted by atomic mass is 16.6. The monoisotopic (exact) mass is 380 g/mol. The van der Waals surface area contributed by atoms with Gasteiger partial charge in [-0.3, -0.25) is 0 Å². The van der Waals surface area contributed by atoms with Crippen LogP contribution in [0.15, 0.2) is 53.7 Å². The first-order chi connectivity index (χ1) is 13.7. The maximum Gasteiger partial charge on any atom is 0.161 e. The van der Waals surface area contributed by atoms with Gasteiger partial charge in [0.2, 0.25) is 0 Å². The normalized spacial score (nSPS) is 26.1. The second-order valence-electron chi connectivity index (χ2n) is 7.74. The van der Waals surface area contributed by atoms with Gasteiger partial charge in [0.05, 0.1) is 19.9 Å². The van der Waals surface area contributed by atoms with Crippen molar-refractivity contribution in [1.82, 2.24) is 4.90 Å². The van der Waals surface area contributed by atoms with Crippen molar-refractivity contribution in [3.05, 3.63) is 54.1 Å². The lowest BCUT2D eigenvalue weighted by Gasteiger charge is -2.42. The van der Waals surface area contributed by atoms with Gasteiger partial charge in [0.25, 0.3) is 0 Å². The summed E-state index contributed by atoms with van der Waals surface area (Å²) in [6.07, 6.45) is 4.09. The molecule has 0 amide bonds. The molecule has 4 rings (SSSR count). The first-order valence-corrected chi connectivity index (χ1v) is 9.87. The van der Waals surface area contributed by atoms with Gasteiger partial charge in [-0.1, -0.05) is 29.4 Å². The van der Waals surface area contributed by atoms with Crippen LogP contribution in [0.1, 0.15) is 31.2 Å². The Bertz CT molecular complexity index is 852. The lowest BCUT2D eigenvalue weighted by atomic mass is 9.65. The summed E-state index contributed by atoms with van der Waals surface area (Å²) in [6, 6.07) is 16.6. The molecule has 0 bridgehead atoms. The molecule has 0 aromatic heterocycles. The second kappa shape index (κ2) is 7.84. The predicted octanol–water partition coefficient (Wildman–Crippen LogP) is 4.26. The molecule has 1 aliphatic carbocycles. The lowest BCUT2D eigenvalue weighted by Crippen LogP contribution is -2.46. The third-order valence-corrected chi connectivity index (χ3v) is 6.35. The number of benzene rings is 2. The number of methoxy groups -OCH3 is 2. The van der Waals surface area contributed by atoms with Crippen LogP contribution in [0, 0.1) is 0 Å². The zero-order valence-corrected chi connectivity index (χ0v) is 16.9. The van der Waals surface area contributed by atoms with Crippen LogP contribution in [-0.4, -0.2) is 44.5 Å². The first kappa shape index (κ1) is 18.8. The summed E-state index contributed by atoms with van der Waals surface area (Å²) in [5.41, 5.74) is 2.60. The minimum Gasteiger partial charge on any atom is -0.493 e. The molecule has 2 atom stereocenters. The number of ether oxygens (including phenoxy) is 2. The Hall–Kier alpha value is -2.53. The highest BCUT2D eigenvalue weighted by Crippen LogP contribution is 2.49. The smallest absolute Gasteiger partial charge is 0.161 e. The standard InChI is InChI=1S/C23H28N2O3/c1-25-14-13-23(17-9-10-20(26-2)21(15-17)27-3)12-11-18(16-22(23)25)24-28-19-7-5-4-6-8-19/h4-10,15,22H,11-14,16H2,1-3H3/t22-,23-/m0/s1. The number of rotatable bonds is 5. The molecule has 1 saturated heterocycles. The Morgan fingerprint density at radius 3 is 2.54 bits per heavy atom. The van der Waals surface area contributed by atoms with Crippen LogP contribution in [0.4, 0.5) is 0 Å². The molecule has 1 saturated carbocycles. The summed E-state index contributed by atoms with van der Waals surface area (Å²) < 4.78 is 11.0. The zero-order valence-electron chi connectivity index (χ0n) is 16.9. The molecule has 1 aliphatic heterocycles. The number of para-hydroxylation sites is 1. The Labute approximate surface area is 166 Å². The summed E-state index contributed by atoms with van der Waals surface area (Å²) in [7, 11) is 5.59. The van der Waals surface area contributed by atoms with Gasteiger partial charge in [0.1, 0.15) is 0 Å². The van der Waals surface area contributed by atoms with Crippen LogP contribution in [0.5, 0.6) is 17.2 Å². The average Bonchev–Trinajstić information content (AvgIpc) is 3.09. The Morgan fingerprint density at radius 1 is 1.00 bits per heavy atom. The molecule has 0 unspecified atom stereocenters. The quantitative estimate of drug-likeness (QED) is 0.727. The molecule has 148 valence electrons. The van der Waals surface area contributed by atoms with E-state index in [1.807, 2.05) is 36.4 Å². The van der Waals surface area contributed by atoms with E-state index in [-0.39, 0.29) is 5.41 Å². The Morgan fingerprint density at radius 2 is 1.79 bits per heavy atom. The summed E-state index contributed by atoms with van der Waals surface area (Å²) in [4.78, 5) is 8.13. The van der Waals surface area contributed by atoms with E-state index >= 15 is 0 Å². The van der Waals surface area contributed by atoms with Crippen molar-refractivity contribution in [2.45, 2.75) is 37.1 Å². The maximum atomic E-state index is 5.67. The molecule has 5 nitrogen and oxygen atoms in total. The third kappa shape index (κ3) is 3.35. The molecule has 0 N–H and O–H groups in total. The van der Waals surface area contributed by atoms with Gasteiger partial charge in [-0.05, 0) is 62.7 Å². The van der Waals surface area contributed by atoms with E-state index in [2.05, 4.69) is 29.2 Å². The van der Waals surface area contributed by atoms with Crippen molar-refractivity contribution in [3.8, 4) is 17.2 Å². The molecule has 5 heteroatoms. The van der Waals surface area contributed by atoms with Crippen LogP contribution < -0.4 is 14.3 Å². The van der Waals surface area contributed by atoms with Crippen molar-refractivity contribution < 1.29 is 14.3 Å². The van der Waals surface area contributed by atoms with Gasteiger partial charge in [-0.15, -0.1) is 0 Å². The van der Waals surface area contributed by atoms with E-state index < -0.39 is 0 Å². The molecule has 28 heavy (non-hydrogen) atoms. The maximum absolute atomic E-state index is 5.67. The number of nitrogens with zero attached hydrogens (tertiary/aromatic N) is 2. The van der Waals surface area contributed by atoms with E-state index in [4.69, 9.17) is 14.3 Å². The Balaban J connectivity index is 1.59. The first-order valence-electron chi connectivity index (χ1n) is 9.87. The lowest BCUT2D eigenvalue weighted by molar-refractivity contribution is 0.222. The van der Waals surface area contributed by atoms with Crippen LogP contribution in [0.25, 0.3) is 0 Å². The molecule has 2 aromatic carbocycles. The van der Waals surface area contributed by atoms with E-state index in [0.29, 0.717) is 6.04 Å². The van der Waals surface area contributed by atoms with Crippen molar-refractivity contribution in [1.29, 1.82) is 0 Å². The fourth-order valence-corrected chi connectivity index (χ4v) is 4.76. The third-order valence-electron chi connectivity index (χ3n) is 6.35. The van der Waals surface area contributed by atoms with Gasteiger partial charge in [0, 0.05) is 17.9 Å². The van der Waals surface area contributed by atoms with Crippen molar-refractivity contribution in [2.75, 3.05) is 27.8 Å². The zero-order chi connectivity index (χ0) is 19.6. The summed E-state index contributed by atoms with van der Waals surface area (Å²) in [5, 5.41) is 4.48. The number of fused-ring (bicyclic) bond motifs is 1. The number of hydrogen-bond acceptors (Lipinski definition) is 5. The molecular formula is C23H28N2O3. The Kier molecular flexibility index (Phi) is 5.27. The highest BCUT2D eigenvalue weighted by Gasteiger charge is 2.50. The van der Waals surface area contributed by atoms with Gasteiger partial charge in [-0.2, -0.15) is 0 Å². The van der Waals surface area contributed by atoms with Gasteiger partial charge < -0.3 is 19.2 Å². The minimum atomic E-state index is 0.125. The largest absolute Gasteiger partial charge is 0.493 e. The molecular weight excluding hydrogens is 352 g/mol. The number of hydrogen-bond donors (Lipinski definition) is 0.